The van der Waals surface area contributed by atoms with Gasteiger partial charge in [-0.3, -0.25) is 9.69 Å². The number of piperidine rings is 1. The maximum Gasteiger partial charge on any atom is 0.222 e. The molecule has 0 aromatic heterocycles. The first-order valence-electron chi connectivity index (χ1n) is 9.84. The van der Waals surface area contributed by atoms with Gasteiger partial charge >= 0.3 is 0 Å². The van der Waals surface area contributed by atoms with E-state index in [0.717, 1.165) is 51.7 Å². The van der Waals surface area contributed by atoms with Gasteiger partial charge < -0.3 is 4.90 Å². The molecule has 0 radical (unpaired) electrons. The molecule has 3 heteroatoms. The second kappa shape index (κ2) is 5.95. The first kappa shape index (κ1) is 16.1. The fraction of sp³-hybridized carbons (Fsp3) is 0.435. The highest BCUT2D eigenvalue weighted by molar-refractivity contribution is 5.79. The highest BCUT2D eigenvalue weighted by atomic mass is 16.2. The summed E-state index contributed by atoms with van der Waals surface area (Å²) in [4.78, 5) is 16.5. The van der Waals surface area contributed by atoms with Gasteiger partial charge in [0, 0.05) is 38.6 Å². The fourth-order valence-electron chi connectivity index (χ4n) is 5.21. The summed E-state index contributed by atoms with van der Waals surface area (Å²) in [5.74, 6) is 0.330. The van der Waals surface area contributed by atoms with Crippen molar-refractivity contribution in [1.29, 1.82) is 0 Å². The Hall–Kier alpha value is -2.13. The Morgan fingerprint density at radius 3 is 2.50 bits per heavy atom. The normalized spacial score (nSPS) is 21.3. The second-order valence-electron chi connectivity index (χ2n) is 8.28. The van der Waals surface area contributed by atoms with Crippen molar-refractivity contribution in [3.63, 3.8) is 0 Å². The zero-order chi connectivity index (χ0) is 17.7. The van der Waals surface area contributed by atoms with Gasteiger partial charge in [-0.05, 0) is 53.5 Å². The lowest BCUT2D eigenvalue weighted by atomic mass is 9.85. The van der Waals surface area contributed by atoms with Crippen LogP contribution in [0.2, 0.25) is 0 Å². The molecular formula is C23H26N2O. The van der Waals surface area contributed by atoms with Crippen molar-refractivity contribution in [2.45, 2.75) is 44.2 Å². The number of benzene rings is 2. The van der Waals surface area contributed by atoms with Gasteiger partial charge in [0.15, 0.2) is 0 Å². The number of fused-ring (bicyclic) bond motifs is 3. The van der Waals surface area contributed by atoms with Gasteiger partial charge in [0.05, 0.1) is 0 Å². The SMILES string of the molecule is CN1C(=O)CCC12CCN(Cc1ccc3c(c1)Cc1ccccc1-3)CC2. The predicted molar refractivity (Wildman–Crippen MR) is 104 cm³/mol. The van der Waals surface area contributed by atoms with Crippen LogP contribution in [0.15, 0.2) is 42.5 Å². The Morgan fingerprint density at radius 2 is 1.73 bits per heavy atom. The third kappa shape index (κ3) is 2.49. The first-order chi connectivity index (χ1) is 12.6. The van der Waals surface area contributed by atoms with Crippen LogP contribution in [0.1, 0.15) is 42.4 Å². The molecule has 134 valence electrons. The van der Waals surface area contributed by atoms with Crippen molar-refractivity contribution < 1.29 is 4.79 Å². The number of likely N-dealkylation sites (tertiary alicyclic amines) is 2. The van der Waals surface area contributed by atoms with Crippen molar-refractivity contribution in [2.75, 3.05) is 20.1 Å². The van der Waals surface area contributed by atoms with Crippen LogP contribution < -0.4 is 0 Å². The van der Waals surface area contributed by atoms with Gasteiger partial charge in [0.25, 0.3) is 0 Å². The van der Waals surface area contributed by atoms with E-state index >= 15 is 0 Å². The van der Waals surface area contributed by atoms with Crippen LogP contribution in [-0.2, 0) is 17.8 Å². The Kier molecular flexibility index (Phi) is 3.68. The number of rotatable bonds is 2. The second-order valence-corrected chi connectivity index (χ2v) is 8.28. The molecule has 3 nitrogen and oxygen atoms in total. The third-order valence-electron chi connectivity index (χ3n) is 6.94. The molecule has 1 amide bonds. The number of carbonyl (C=O) groups is 1. The van der Waals surface area contributed by atoms with Crippen molar-refractivity contribution >= 4 is 5.91 Å². The van der Waals surface area contributed by atoms with Crippen LogP contribution in [0.3, 0.4) is 0 Å². The summed E-state index contributed by atoms with van der Waals surface area (Å²) in [5, 5.41) is 0. The molecule has 3 aliphatic rings. The molecule has 2 saturated heterocycles. The molecule has 5 rings (SSSR count). The molecular weight excluding hydrogens is 320 g/mol. The van der Waals surface area contributed by atoms with Gasteiger partial charge in [-0.1, -0.05) is 42.5 Å². The number of nitrogens with zero attached hydrogens (tertiary/aromatic N) is 2. The quantitative estimate of drug-likeness (QED) is 0.704. The van der Waals surface area contributed by atoms with E-state index < -0.39 is 0 Å². The maximum atomic E-state index is 11.9. The van der Waals surface area contributed by atoms with E-state index in [0.29, 0.717) is 5.91 Å². The van der Waals surface area contributed by atoms with E-state index in [9.17, 15) is 4.79 Å². The molecule has 1 spiro atoms. The summed E-state index contributed by atoms with van der Waals surface area (Å²) in [7, 11) is 2.00. The highest BCUT2D eigenvalue weighted by Gasteiger charge is 2.44. The minimum absolute atomic E-state index is 0.146. The Bertz CT molecular complexity index is 864. The van der Waals surface area contributed by atoms with E-state index in [1.807, 2.05) is 11.9 Å². The molecule has 2 aromatic carbocycles. The average molecular weight is 346 g/mol. The Balaban J connectivity index is 1.27. The van der Waals surface area contributed by atoms with Crippen LogP contribution in [0.4, 0.5) is 0 Å². The van der Waals surface area contributed by atoms with Crippen molar-refractivity contribution in [3.05, 3.63) is 59.2 Å². The Labute approximate surface area is 155 Å². The fourth-order valence-corrected chi connectivity index (χ4v) is 5.21. The van der Waals surface area contributed by atoms with E-state index in [4.69, 9.17) is 0 Å². The molecule has 0 atom stereocenters. The van der Waals surface area contributed by atoms with Crippen LogP contribution in [0.25, 0.3) is 11.1 Å². The average Bonchev–Trinajstić information content (AvgIpc) is 3.16. The number of hydrogen-bond donors (Lipinski definition) is 0. The molecule has 26 heavy (non-hydrogen) atoms. The topological polar surface area (TPSA) is 23.6 Å². The molecule has 0 bridgehead atoms. The molecule has 2 heterocycles. The van der Waals surface area contributed by atoms with Crippen LogP contribution in [0.5, 0.6) is 0 Å². The predicted octanol–water partition coefficient (Wildman–Crippen LogP) is 3.84. The molecule has 2 aromatic rings. The van der Waals surface area contributed by atoms with Gasteiger partial charge in [-0.15, -0.1) is 0 Å². The monoisotopic (exact) mass is 346 g/mol. The zero-order valence-electron chi connectivity index (χ0n) is 15.5. The lowest BCUT2D eigenvalue weighted by Crippen LogP contribution is -2.51. The lowest BCUT2D eigenvalue weighted by molar-refractivity contribution is -0.130. The van der Waals surface area contributed by atoms with E-state index in [1.54, 1.807) is 0 Å². The van der Waals surface area contributed by atoms with E-state index in [-0.39, 0.29) is 5.54 Å². The maximum absolute atomic E-state index is 11.9. The van der Waals surface area contributed by atoms with Crippen molar-refractivity contribution in [1.82, 2.24) is 9.80 Å². The summed E-state index contributed by atoms with van der Waals surface area (Å²) in [6.45, 7) is 3.21. The summed E-state index contributed by atoms with van der Waals surface area (Å²) >= 11 is 0. The third-order valence-corrected chi connectivity index (χ3v) is 6.94. The first-order valence-corrected chi connectivity index (χ1v) is 9.84. The molecule has 0 N–H and O–H groups in total. The number of amides is 1. The van der Waals surface area contributed by atoms with Crippen molar-refractivity contribution in [2.24, 2.45) is 0 Å². The minimum atomic E-state index is 0.146. The molecule has 0 unspecified atom stereocenters. The summed E-state index contributed by atoms with van der Waals surface area (Å²) < 4.78 is 0. The molecule has 1 aliphatic carbocycles. The Morgan fingerprint density at radius 1 is 0.962 bits per heavy atom. The van der Waals surface area contributed by atoms with Crippen LogP contribution in [-0.4, -0.2) is 41.4 Å². The standard InChI is InChI=1S/C23H26N2O/c1-24-22(26)8-9-23(24)10-12-25(13-11-23)16-17-6-7-21-19(14-17)15-18-4-2-3-5-20(18)21/h2-7,14H,8-13,15-16H2,1H3. The number of carbonyl (C=O) groups excluding carboxylic acids is 1. The smallest absolute Gasteiger partial charge is 0.222 e. The molecule has 2 aliphatic heterocycles. The van der Waals surface area contributed by atoms with Gasteiger partial charge in [0.2, 0.25) is 5.91 Å². The zero-order valence-corrected chi connectivity index (χ0v) is 15.5. The van der Waals surface area contributed by atoms with E-state index in [1.165, 1.54) is 27.8 Å². The molecule has 2 fully saturated rings. The van der Waals surface area contributed by atoms with Crippen molar-refractivity contribution in [3.8, 4) is 11.1 Å². The molecule has 0 saturated carbocycles. The summed E-state index contributed by atoms with van der Waals surface area (Å²) in [6.07, 6.45) is 5.09. The van der Waals surface area contributed by atoms with E-state index in [2.05, 4.69) is 47.4 Å². The van der Waals surface area contributed by atoms with Crippen LogP contribution >= 0.6 is 0 Å². The lowest BCUT2D eigenvalue weighted by Gasteiger charge is -2.43. The van der Waals surface area contributed by atoms with Gasteiger partial charge in [0.1, 0.15) is 0 Å². The summed E-state index contributed by atoms with van der Waals surface area (Å²) in [6, 6.07) is 15.8. The largest absolute Gasteiger partial charge is 0.340 e. The highest BCUT2D eigenvalue weighted by Crippen LogP contribution is 2.39. The van der Waals surface area contributed by atoms with Gasteiger partial charge in [-0.25, -0.2) is 0 Å². The van der Waals surface area contributed by atoms with Gasteiger partial charge in [-0.2, -0.15) is 0 Å². The number of hydrogen-bond acceptors (Lipinski definition) is 2. The van der Waals surface area contributed by atoms with Crippen LogP contribution in [0, 0.1) is 0 Å². The minimum Gasteiger partial charge on any atom is -0.340 e. The summed E-state index contributed by atoms with van der Waals surface area (Å²) in [5.41, 5.74) is 7.30.